The lowest BCUT2D eigenvalue weighted by Gasteiger charge is -2.35. The summed E-state index contributed by atoms with van der Waals surface area (Å²) in [5.74, 6) is 2.44. The molecule has 1 amide bonds. The molecule has 0 unspecified atom stereocenters. The molecule has 1 fully saturated rings. The minimum atomic E-state index is -0.433. The molecule has 0 atom stereocenters. The zero-order valence-electron chi connectivity index (χ0n) is 12.1. The second kappa shape index (κ2) is 7.37. The van der Waals surface area contributed by atoms with Gasteiger partial charge in [-0.2, -0.15) is 0 Å². The summed E-state index contributed by atoms with van der Waals surface area (Å²) in [4.78, 5) is 15.9. The molecule has 0 aromatic rings. The zero-order valence-corrected chi connectivity index (χ0v) is 12.1. The number of ether oxygens (including phenoxy) is 2. The Hall–Kier alpha value is -1.25. The number of carbonyl (C=O) groups excluding carboxylic acids is 1. The van der Waals surface area contributed by atoms with E-state index in [0.717, 1.165) is 19.6 Å². The quantitative estimate of drug-likeness (QED) is 0.567. The van der Waals surface area contributed by atoms with Gasteiger partial charge in [0, 0.05) is 32.7 Å². The van der Waals surface area contributed by atoms with Crippen LogP contribution in [-0.4, -0.2) is 67.4 Å². The van der Waals surface area contributed by atoms with Crippen LogP contribution in [0, 0.1) is 12.3 Å². The van der Waals surface area contributed by atoms with Crippen LogP contribution in [-0.2, 0) is 9.47 Å². The molecule has 0 aromatic carbocycles. The number of hydrogen-bond donors (Lipinski definition) is 0. The molecule has 1 aliphatic rings. The normalized spacial score (nSPS) is 17.1. The highest BCUT2D eigenvalue weighted by atomic mass is 16.6. The Labute approximate surface area is 115 Å². The standard InChI is InChI=1S/C14H24N2O3/c1-5-11-18-12-10-15-6-8-16(9-7-15)13(17)19-14(2,3)4/h1H,6-12H2,2-4H3. The van der Waals surface area contributed by atoms with E-state index in [0.29, 0.717) is 26.3 Å². The fourth-order valence-corrected chi connectivity index (χ4v) is 1.81. The summed E-state index contributed by atoms with van der Waals surface area (Å²) in [7, 11) is 0. The Kier molecular flexibility index (Phi) is 6.13. The maximum Gasteiger partial charge on any atom is 0.410 e. The van der Waals surface area contributed by atoms with Crippen molar-refractivity contribution in [3.8, 4) is 12.3 Å². The molecule has 0 N–H and O–H groups in total. The van der Waals surface area contributed by atoms with E-state index in [1.54, 1.807) is 4.90 Å². The van der Waals surface area contributed by atoms with E-state index in [1.807, 2.05) is 20.8 Å². The van der Waals surface area contributed by atoms with Crippen LogP contribution < -0.4 is 0 Å². The van der Waals surface area contributed by atoms with Crippen molar-refractivity contribution in [3.05, 3.63) is 0 Å². The van der Waals surface area contributed by atoms with Crippen LogP contribution in [0.5, 0.6) is 0 Å². The van der Waals surface area contributed by atoms with Crippen molar-refractivity contribution in [1.29, 1.82) is 0 Å². The van der Waals surface area contributed by atoms with Gasteiger partial charge in [0.15, 0.2) is 0 Å². The number of amides is 1. The fraction of sp³-hybridized carbons (Fsp3) is 0.786. The number of nitrogens with zero attached hydrogens (tertiary/aromatic N) is 2. The molecular weight excluding hydrogens is 244 g/mol. The number of carbonyl (C=O) groups is 1. The van der Waals surface area contributed by atoms with Crippen molar-refractivity contribution in [2.45, 2.75) is 26.4 Å². The summed E-state index contributed by atoms with van der Waals surface area (Å²) in [6, 6.07) is 0. The zero-order chi connectivity index (χ0) is 14.3. The minimum Gasteiger partial charge on any atom is -0.444 e. The van der Waals surface area contributed by atoms with Crippen LogP contribution in [0.2, 0.25) is 0 Å². The van der Waals surface area contributed by atoms with Gasteiger partial charge in [0.1, 0.15) is 12.2 Å². The summed E-state index contributed by atoms with van der Waals surface area (Å²) < 4.78 is 10.6. The molecule has 0 saturated carbocycles. The number of terminal acetylenes is 1. The maximum absolute atomic E-state index is 11.9. The SMILES string of the molecule is C#CCOCCN1CCN(C(=O)OC(C)(C)C)CC1. The molecule has 1 saturated heterocycles. The van der Waals surface area contributed by atoms with Gasteiger partial charge in [0.25, 0.3) is 0 Å². The highest BCUT2D eigenvalue weighted by Crippen LogP contribution is 2.11. The second-order valence-corrected chi connectivity index (χ2v) is 5.57. The van der Waals surface area contributed by atoms with Gasteiger partial charge in [0.05, 0.1) is 6.61 Å². The van der Waals surface area contributed by atoms with Gasteiger partial charge >= 0.3 is 6.09 Å². The third-order valence-corrected chi connectivity index (χ3v) is 2.76. The highest BCUT2D eigenvalue weighted by molar-refractivity contribution is 5.68. The van der Waals surface area contributed by atoms with Crippen LogP contribution in [0.4, 0.5) is 4.79 Å². The first kappa shape index (κ1) is 15.8. The third kappa shape index (κ3) is 6.46. The maximum atomic E-state index is 11.9. The molecule has 0 radical (unpaired) electrons. The van der Waals surface area contributed by atoms with Crippen molar-refractivity contribution in [1.82, 2.24) is 9.80 Å². The largest absolute Gasteiger partial charge is 0.444 e. The molecule has 19 heavy (non-hydrogen) atoms. The highest BCUT2D eigenvalue weighted by Gasteiger charge is 2.25. The van der Waals surface area contributed by atoms with Crippen molar-refractivity contribution in [3.63, 3.8) is 0 Å². The monoisotopic (exact) mass is 268 g/mol. The van der Waals surface area contributed by atoms with E-state index < -0.39 is 5.60 Å². The molecule has 1 rings (SSSR count). The molecule has 1 aliphatic heterocycles. The molecule has 5 heteroatoms. The molecule has 108 valence electrons. The van der Waals surface area contributed by atoms with E-state index >= 15 is 0 Å². The van der Waals surface area contributed by atoms with E-state index in [-0.39, 0.29) is 6.09 Å². The predicted octanol–water partition coefficient (Wildman–Crippen LogP) is 1.19. The number of piperazine rings is 1. The summed E-state index contributed by atoms with van der Waals surface area (Å²) in [5, 5.41) is 0. The van der Waals surface area contributed by atoms with Crippen molar-refractivity contribution < 1.29 is 14.3 Å². The lowest BCUT2D eigenvalue weighted by Crippen LogP contribution is -2.50. The van der Waals surface area contributed by atoms with Gasteiger partial charge in [-0.3, -0.25) is 4.90 Å². The summed E-state index contributed by atoms with van der Waals surface area (Å²) in [5.41, 5.74) is -0.433. The van der Waals surface area contributed by atoms with Gasteiger partial charge in [-0.25, -0.2) is 4.79 Å². The molecule has 0 bridgehead atoms. The molecule has 5 nitrogen and oxygen atoms in total. The van der Waals surface area contributed by atoms with Crippen LogP contribution in [0.15, 0.2) is 0 Å². The van der Waals surface area contributed by atoms with Crippen LogP contribution >= 0.6 is 0 Å². The Morgan fingerprint density at radius 1 is 1.26 bits per heavy atom. The predicted molar refractivity (Wildman–Crippen MR) is 73.9 cm³/mol. The van der Waals surface area contributed by atoms with Gasteiger partial charge < -0.3 is 14.4 Å². The lowest BCUT2D eigenvalue weighted by molar-refractivity contribution is 0.0122. The third-order valence-electron chi connectivity index (χ3n) is 2.76. The van der Waals surface area contributed by atoms with Crippen LogP contribution in [0.3, 0.4) is 0 Å². The first-order valence-corrected chi connectivity index (χ1v) is 6.64. The van der Waals surface area contributed by atoms with E-state index in [2.05, 4.69) is 10.8 Å². The summed E-state index contributed by atoms with van der Waals surface area (Å²) >= 11 is 0. The summed E-state index contributed by atoms with van der Waals surface area (Å²) in [6.07, 6.45) is 4.88. The molecule has 0 aliphatic carbocycles. The first-order chi connectivity index (χ1) is 8.92. The smallest absolute Gasteiger partial charge is 0.410 e. The van der Waals surface area contributed by atoms with Crippen LogP contribution in [0.25, 0.3) is 0 Å². The average molecular weight is 268 g/mol. The average Bonchev–Trinajstić information content (AvgIpc) is 2.33. The molecule has 1 heterocycles. The second-order valence-electron chi connectivity index (χ2n) is 5.57. The summed E-state index contributed by atoms with van der Waals surface area (Å²) in [6.45, 7) is 10.6. The Bertz CT molecular complexity index is 323. The molecule has 0 spiro atoms. The Balaban J connectivity index is 2.22. The Morgan fingerprint density at radius 3 is 2.42 bits per heavy atom. The lowest BCUT2D eigenvalue weighted by atomic mass is 10.2. The van der Waals surface area contributed by atoms with E-state index in [4.69, 9.17) is 15.9 Å². The van der Waals surface area contributed by atoms with Gasteiger partial charge in [-0.05, 0) is 20.8 Å². The van der Waals surface area contributed by atoms with Gasteiger partial charge in [-0.15, -0.1) is 6.42 Å². The fourth-order valence-electron chi connectivity index (χ4n) is 1.81. The van der Waals surface area contributed by atoms with E-state index in [1.165, 1.54) is 0 Å². The topological polar surface area (TPSA) is 42.0 Å². The first-order valence-electron chi connectivity index (χ1n) is 6.64. The van der Waals surface area contributed by atoms with Gasteiger partial charge in [-0.1, -0.05) is 5.92 Å². The van der Waals surface area contributed by atoms with Crippen molar-refractivity contribution in [2.75, 3.05) is 45.9 Å². The molecule has 0 aromatic heterocycles. The van der Waals surface area contributed by atoms with E-state index in [9.17, 15) is 4.79 Å². The molecular formula is C14H24N2O3. The van der Waals surface area contributed by atoms with Crippen molar-refractivity contribution in [2.24, 2.45) is 0 Å². The minimum absolute atomic E-state index is 0.226. The number of rotatable bonds is 4. The Morgan fingerprint density at radius 2 is 1.89 bits per heavy atom. The van der Waals surface area contributed by atoms with Gasteiger partial charge in [0.2, 0.25) is 0 Å². The van der Waals surface area contributed by atoms with Crippen LogP contribution in [0.1, 0.15) is 20.8 Å². The van der Waals surface area contributed by atoms with Crippen molar-refractivity contribution >= 4 is 6.09 Å². The number of hydrogen-bond acceptors (Lipinski definition) is 4.